The predicted octanol–water partition coefficient (Wildman–Crippen LogP) is 6.38. The number of aromatic nitrogens is 3. The number of nitrogens with zero attached hydrogens (tertiary/aromatic N) is 2. The second-order valence-corrected chi connectivity index (χ2v) is 8.60. The summed E-state index contributed by atoms with van der Waals surface area (Å²) in [4.78, 5) is 25.3. The molecule has 0 saturated heterocycles. The van der Waals surface area contributed by atoms with Crippen LogP contribution in [0, 0.1) is 12.8 Å². The molecule has 3 N–H and O–H groups in total. The Morgan fingerprint density at radius 1 is 1.14 bits per heavy atom. The number of rotatable bonds is 6. The minimum Gasteiger partial charge on any atom is -0.491 e. The topological polar surface area (TPSA) is 101 Å². The average molecular weight is 509 g/mol. The minimum atomic E-state index is -4.83. The van der Waals surface area contributed by atoms with Gasteiger partial charge in [0.15, 0.2) is 0 Å². The normalized spacial score (nSPS) is 17.0. The van der Waals surface area contributed by atoms with E-state index in [1.165, 1.54) is 12.1 Å². The van der Waals surface area contributed by atoms with E-state index in [2.05, 4.69) is 25.3 Å². The summed E-state index contributed by atoms with van der Waals surface area (Å²) >= 11 is 0. The Balaban J connectivity index is 1.38. The highest BCUT2D eigenvalue weighted by Gasteiger charge is 2.31. The van der Waals surface area contributed by atoms with Crippen LogP contribution in [-0.4, -0.2) is 27.2 Å². The molecule has 1 aliphatic rings. The van der Waals surface area contributed by atoms with Gasteiger partial charge >= 0.3 is 6.36 Å². The largest absolute Gasteiger partial charge is 0.573 e. The number of amides is 1. The Kier molecular flexibility index (Phi) is 6.20. The summed E-state index contributed by atoms with van der Waals surface area (Å²) in [6.07, 6.45) is 0.316. The average Bonchev–Trinajstić information content (AvgIpc) is 3.48. The van der Waals surface area contributed by atoms with Crippen LogP contribution >= 0.6 is 0 Å². The van der Waals surface area contributed by atoms with Crippen molar-refractivity contribution in [3.8, 4) is 5.75 Å². The summed E-state index contributed by atoms with van der Waals surface area (Å²) in [7, 11) is 0. The van der Waals surface area contributed by atoms with E-state index in [0.717, 1.165) is 23.2 Å². The summed E-state index contributed by atoms with van der Waals surface area (Å²) in [6.45, 7) is 3.90. The molecule has 4 aromatic rings. The number of aryl methyl sites for hydroxylation is 1. The molecule has 0 aliphatic carbocycles. The zero-order valence-corrected chi connectivity index (χ0v) is 19.8. The molecule has 5 rings (SSSR count). The van der Waals surface area contributed by atoms with Crippen LogP contribution in [0.15, 0.2) is 67.1 Å². The van der Waals surface area contributed by atoms with Gasteiger partial charge in [0, 0.05) is 35.1 Å². The maximum atomic E-state index is 12.9. The van der Waals surface area contributed by atoms with Gasteiger partial charge in [-0.1, -0.05) is 19.1 Å². The highest BCUT2D eigenvalue weighted by Crippen LogP contribution is 2.35. The highest BCUT2D eigenvalue weighted by molar-refractivity contribution is 6.05. The van der Waals surface area contributed by atoms with Crippen molar-refractivity contribution in [1.29, 1.82) is 0 Å². The Bertz CT molecular complexity index is 1500. The molecule has 8 nitrogen and oxygen atoms in total. The third-order valence-corrected chi connectivity index (χ3v) is 5.86. The summed E-state index contributed by atoms with van der Waals surface area (Å²) in [5.74, 6) is -0.472. The van der Waals surface area contributed by atoms with Crippen molar-refractivity contribution in [1.82, 2.24) is 15.0 Å². The van der Waals surface area contributed by atoms with Crippen LogP contribution in [0.4, 0.5) is 30.5 Å². The second kappa shape index (κ2) is 9.49. The van der Waals surface area contributed by atoms with Crippen molar-refractivity contribution in [2.45, 2.75) is 26.3 Å². The minimum absolute atomic E-state index is 0.128. The lowest BCUT2D eigenvalue weighted by Crippen LogP contribution is -2.17. The number of H-pyrrole nitrogens is 1. The fourth-order valence-corrected chi connectivity index (χ4v) is 4.02. The Morgan fingerprint density at radius 2 is 1.97 bits per heavy atom. The SMILES string of the molecule is Cc1ccc(C(=O)Nc2cccc(OC(F)(F)F)c2)cc1Nc1nc(C2OC=CC2C)c2[nH]ccc2n1. The van der Waals surface area contributed by atoms with Gasteiger partial charge in [0.2, 0.25) is 5.95 Å². The van der Waals surface area contributed by atoms with Gasteiger partial charge in [0.25, 0.3) is 5.91 Å². The molecule has 2 aromatic heterocycles. The number of ether oxygens (including phenoxy) is 2. The molecule has 0 fully saturated rings. The number of anilines is 3. The Labute approximate surface area is 209 Å². The van der Waals surface area contributed by atoms with Crippen molar-refractivity contribution in [2.75, 3.05) is 10.6 Å². The number of nitrogens with one attached hydrogen (secondary N) is 3. The molecule has 2 atom stereocenters. The Morgan fingerprint density at radius 3 is 2.73 bits per heavy atom. The van der Waals surface area contributed by atoms with E-state index in [9.17, 15) is 18.0 Å². The molecule has 2 aromatic carbocycles. The van der Waals surface area contributed by atoms with Crippen LogP contribution < -0.4 is 15.4 Å². The van der Waals surface area contributed by atoms with Crippen LogP contribution in [0.3, 0.4) is 0 Å². The smallest absolute Gasteiger partial charge is 0.491 e. The summed E-state index contributed by atoms with van der Waals surface area (Å²) in [5, 5.41) is 5.78. The van der Waals surface area contributed by atoms with Gasteiger partial charge in [-0.25, -0.2) is 9.97 Å². The molecule has 0 radical (unpaired) electrons. The van der Waals surface area contributed by atoms with Crippen LogP contribution in [0.25, 0.3) is 11.0 Å². The van der Waals surface area contributed by atoms with Gasteiger partial charge in [-0.3, -0.25) is 4.79 Å². The molecule has 2 unspecified atom stereocenters. The number of hydrogen-bond acceptors (Lipinski definition) is 6. The molecular weight excluding hydrogens is 487 g/mol. The first-order valence-corrected chi connectivity index (χ1v) is 11.4. The summed E-state index contributed by atoms with van der Waals surface area (Å²) in [6, 6.07) is 11.9. The van der Waals surface area contributed by atoms with Gasteiger partial charge < -0.3 is 25.1 Å². The third-order valence-electron chi connectivity index (χ3n) is 5.86. The van der Waals surface area contributed by atoms with Crippen LogP contribution in [0.1, 0.15) is 34.6 Å². The van der Waals surface area contributed by atoms with E-state index >= 15 is 0 Å². The number of aromatic amines is 1. The van der Waals surface area contributed by atoms with Gasteiger partial charge in [-0.05, 0) is 48.9 Å². The fourth-order valence-electron chi connectivity index (χ4n) is 4.02. The van der Waals surface area contributed by atoms with Gasteiger partial charge in [0.1, 0.15) is 17.5 Å². The Hall–Kier alpha value is -4.54. The van der Waals surface area contributed by atoms with E-state index in [1.807, 2.05) is 26.0 Å². The molecule has 0 bridgehead atoms. The number of hydrogen-bond donors (Lipinski definition) is 3. The fraction of sp³-hybridized carbons (Fsp3) is 0.192. The van der Waals surface area contributed by atoms with E-state index in [4.69, 9.17) is 9.72 Å². The lowest BCUT2D eigenvalue weighted by Gasteiger charge is -2.17. The molecule has 0 saturated carbocycles. The molecular formula is C26H22F3N5O3. The molecule has 11 heteroatoms. The van der Waals surface area contributed by atoms with Gasteiger partial charge in [-0.2, -0.15) is 0 Å². The van der Waals surface area contributed by atoms with Crippen molar-refractivity contribution < 1.29 is 27.4 Å². The van der Waals surface area contributed by atoms with Crippen molar-refractivity contribution in [2.24, 2.45) is 5.92 Å². The lowest BCUT2D eigenvalue weighted by molar-refractivity contribution is -0.274. The zero-order chi connectivity index (χ0) is 26.2. The number of halogens is 3. The monoisotopic (exact) mass is 509 g/mol. The van der Waals surface area contributed by atoms with E-state index in [-0.39, 0.29) is 23.3 Å². The first-order valence-electron chi connectivity index (χ1n) is 11.4. The first kappa shape index (κ1) is 24.2. The maximum Gasteiger partial charge on any atom is 0.573 e. The number of alkyl halides is 3. The molecule has 1 amide bonds. The standard InChI is InChI=1S/C26H22F3N5O3/c1-14-6-7-16(24(35)31-17-4-3-5-18(13-17)37-26(27,28)29)12-20(14)33-25-32-19-8-10-30-21(19)22(34-25)23-15(2)9-11-36-23/h3-13,15,23,30H,1-2H3,(H,31,35)(H,32,33,34). The summed E-state index contributed by atoms with van der Waals surface area (Å²) in [5.41, 5.74) is 4.09. The molecule has 190 valence electrons. The van der Waals surface area contributed by atoms with E-state index in [0.29, 0.717) is 22.8 Å². The first-order chi connectivity index (χ1) is 17.7. The van der Waals surface area contributed by atoms with Crippen molar-refractivity contribution in [3.05, 3.63) is 83.9 Å². The van der Waals surface area contributed by atoms with Crippen LogP contribution in [-0.2, 0) is 4.74 Å². The number of fused-ring (bicyclic) bond motifs is 1. The van der Waals surface area contributed by atoms with Crippen molar-refractivity contribution >= 4 is 34.3 Å². The van der Waals surface area contributed by atoms with Crippen molar-refractivity contribution in [3.63, 3.8) is 0 Å². The number of carbonyl (C=O) groups is 1. The number of carbonyl (C=O) groups excluding carboxylic acids is 1. The highest BCUT2D eigenvalue weighted by atomic mass is 19.4. The maximum absolute atomic E-state index is 12.9. The molecule has 37 heavy (non-hydrogen) atoms. The van der Waals surface area contributed by atoms with E-state index < -0.39 is 18.0 Å². The second-order valence-electron chi connectivity index (χ2n) is 8.60. The molecule has 1 aliphatic heterocycles. The predicted molar refractivity (Wildman–Crippen MR) is 132 cm³/mol. The van der Waals surface area contributed by atoms with Crippen LogP contribution in [0.2, 0.25) is 0 Å². The van der Waals surface area contributed by atoms with Crippen LogP contribution in [0.5, 0.6) is 5.75 Å². The quantitative estimate of drug-likeness (QED) is 0.279. The van der Waals surface area contributed by atoms with E-state index in [1.54, 1.807) is 30.7 Å². The number of benzene rings is 2. The molecule has 0 spiro atoms. The van der Waals surface area contributed by atoms with Gasteiger partial charge in [-0.15, -0.1) is 13.2 Å². The molecule has 3 heterocycles. The summed E-state index contributed by atoms with van der Waals surface area (Å²) < 4.78 is 47.2. The zero-order valence-electron chi connectivity index (χ0n) is 19.8. The third kappa shape index (κ3) is 5.35. The lowest BCUT2D eigenvalue weighted by atomic mass is 10.0. The van der Waals surface area contributed by atoms with Gasteiger partial charge in [0.05, 0.1) is 17.3 Å².